The molecule has 1 aromatic heterocycles. The second-order valence-electron chi connectivity index (χ2n) is 8.57. The van der Waals surface area contributed by atoms with Gasteiger partial charge in [0.15, 0.2) is 4.34 Å². The number of hydrogen-bond donors (Lipinski definition) is 1. The highest BCUT2D eigenvalue weighted by molar-refractivity contribution is 8.00. The van der Waals surface area contributed by atoms with E-state index in [-0.39, 0.29) is 22.3 Å². The highest BCUT2D eigenvalue weighted by Gasteiger charge is 2.48. The van der Waals surface area contributed by atoms with E-state index in [1.807, 2.05) is 31.2 Å². The van der Waals surface area contributed by atoms with Gasteiger partial charge in [-0.3, -0.25) is 14.5 Å². The first-order chi connectivity index (χ1) is 18.4. The fourth-order valence-electron chi connectivity index (χ4n) is 4.08. The number of carbonyl (C=O) groups excluding carboxylic acids is 2. The van der Waals surface area contributed by atoms with Crippen molar-refractivity contribution in [3.63, 3.8) is 0 Å². The molecule has 2 heterocycles. The Kier molecular flexibility index (Phi) is 7.26. The molecule has 0 aliphatic carbocycles. The number of ketones is 1. The molecular formula is C28H22FN3O4S2. The van der Waals surface area contributed by atoms with Crippen LogP contribution in [-0.4, -0.2) is 34.1 Å². The Bertz CT molecular complexity index is 1520. The molecule has 1 saturated heterocycles. The zero-order chi connectivity index (χ0) is 26.8. The minimum atomic E-state index is -0.888. The molecule has 1 N–H and O–H groups in total. The predicted molar refractivity (Wildman–Crippen MR) is 145 cm³/mol. The fraction of sp³-hybridized carbons (Fsp3) is 0.143. The van der Waals surface area contributed by atoms with Gasteiger partial charge in [0.2, 0.25) is 5.13 Å². The van der Waals surface area contributed by atoms with Crippen molar-refractivity contribution in [3.8, 4) is 5.75 Å². The molecule has 1 aliphatic rings. The van der Waals surface area contributed by atoms with Crippen LogP contribution in [-0.2, 0) is 15.3 Å². The summed E-state index contributed by atoms with van der Waals surface area (Å²) in [7, 11) is 1.53. The quantitative estimate of drug-likeness (QED) is 0.101. The summed E-state index contributed by atoms with van der Waals surface area (Å²) in [6, 6.07) is 19.3. The van der Waals surface area contributed by atoms with Gasteiger partial charge in [-0.2, -0.15) is 0 Å². The summed E-state index contributed by atoms with van der Waals surface area (Å²) >= 11 is 2.57. The van der Waals surface area contributed by atoms with Crippen molar-refractivity contribution < 1.29 is 23.8 Å². The summed E-state index contributed by atoms with van der Waals surface area (Å²) in [6.07, 6.45) is 0. The van der Waals surface area contributed by atoms with Crippen LogP contribution in [0.2, 0.25) is 0 Å². The number of Topliss-reactive ketones (excluding diaryl/α,β-unsaturated/α-hetero) is 1. The summed E-state index contributed by atoms with van der Waals surface area (Å²) in [5, 5.41) is 19.9. The van der Waals surface area contributed by atoms with Crippen molar-refractivity contribution in [1.82, 2.24) is 10.2 Å². The maximum atomic E-state index is 13.3. The van der Waals surface area contributed by atoms with E-state index in [0.717, 1.165) is 11.1 Å². The molecule has 4 aromatic rings. The molecule has 10 heteroatoms. The van der Waals surface area contributed by atoms with Crippen molar-refractivity contribution in [2.24, 2.45) is 0 Å². The molecule has 7 nitrogen and oxygen atoms in total. The molecule has 1 unspecified atom stereocenters. The number of aliphatic hydroxyl groups excluding tert-OH is 1. The number of hydrogen-bond acceptors (Lipinski definition) is 8. The zero-order valence-corrected chi connectivity index (χ0v) is 22.1. The smallest absolute Gasteiger partial charge is 0.301 e. The molecule has 0 bridgehead atoms. The van der Waals surface area contributed by atoms with Crippen LogP contribution in [0.15, 0.2) is 82.7 Å². The largest absolute Gasteiger partial charge is 0.507 e. The van der Waals surface area contributed by atoms with Gasteiger partial charge < -0.3 is 9.84 Å². The van der Waals surface area contributed by atoms with E-state index in [2.05, 4.69) is 10.2 Å². The zero-order valence-electron chi connectivity index (χ0n) is 20.4. The summed E-state index contributed by atoms with van der Waals surface area (Å²) in [6.45, 7) is 1.94. The number of methoxy groups -OCH3 is 1. The van der Waals surface area contributed by atoms with E-state index < -0.39 is 17.7 Å². The number of aryl methyl sites for hydroxylation is 1. The first kappa shape index (κ1) is 25.6. The van der Waals surface area contributed by atoms with Crippen LogP contribution >= 0.6 is 23.1 Å². The molecule has 5 rings (SSSR count). The lowest BCUT2D eigenvalue weighted by Gasteiger charge is -2.22. The Balaban J connectivity index is 1.52. The third-order valence-electron chi connectivity index (χ3n) is 6.08. The van der Waals surface area contributed by atoms with Crippen molar-refractivity contribution in [3.05, 3.63) is 106 Å². The van der Waals surface area contributed by atoms with Gasteiger partial charge in [-0.05, 0) is 54.4 Å². The Morgan fingerprint density at radius 3 is 2.37 bits per heavy atom. The number of benzene rings is 3. The highest BCUT2D eigenvalue weighted by atomic mass is 32.2. The van der Waals surface area contributed by atoms with Crippen LogP contribution in [0.3, 0.4) is 0 Å². The molecule has 1 fully saturated rings. The second-order valence-corrected chi connectivity index (χ2v) is 10.8. The monoisotopic (exact) mass is 547 g/mol. The van der Waals surface area contributed by atoms with E-state index >= 15 is 0 Å². The predicted octanol–water partition coefficient (Wildman–Crippen LogP) is 5.91. The number of thioether (sulfide) groups is 1. The number of anilines is 1. The minimum absolute atomic E-state index is 0.0280. The van der Waals surface area contributed by atoms with E-state index in [9.17, 15) is 19.1 Å². The lowest BCUT2D eigenvalue weighted by molar-refractivity contribution is -0.132. The van der Waals surface area contributed by atoms with Gasteiger partial charge in [0, 0.05) is 11.3 Å². The Hall–Kier alpha value is -4.02. The highest BCUT2D eigenvalue weighted by Crippen LogP contribution is 2.44. The molecule has 1 aliphatic heterocycles. The van der Waals surface area contributed by atoms with E-state index in [1.165, 1.54) is 47.2 Å². The van der Waals surface area contributed by atoms with Crippen LogP contribution < -0.4 is 9.64 Å². The Morgan fingerprint density at radius 1 is 1.03 bits per heavy atom. The number of nitrogens with zero attached hydrogens (tertiary/aromatic N) is 3. The molecule has 1 atom stereocenters. The summed E-state index contributed by atoms with van der Waals surface area (Å²) in [5.41, 5.74) is 2.93. The van der Waals surface area contributed by atoms with Gasteiger partial charge in [-0.1, -0.05) is 65.1 Å². The second kappa shape index (κ2) is 10.8. The summed E-state index contributed by atoms with van der Waals surface area (Å²) in [5.74, 6) is -1.06. The maximum absolute atomic E-state index is 13.3. The SMILES string of the molecule is COc1ccc(/C(O)=C2/C(=O)C(=O)N(c3nnc(SCc4ccc(F)cc4)s3)C2c2ccc(C)cc2)cc1. The normalized spacial score (nSPS) is 16.7. The van der Waals surface area contributed by atoms with Gasteiger partial charge >= 0.3 is 5.91 Å². The van der Waals surface area contributed by atoms with E-state index in [0.29, 0.717) is 27.0 Å². The van der Waals surface area contributed by atoms with Gasteiger partial charge in [-0.15, -0.1) is 10.2 Å². The number of amides is 1. The van der Waals surface area contributed by atoms with Crippen molar-refractivity contribution >= 4 is 45.7 Å². The molecule has 192 valence electrons. The van der Waals surface area contributed by atoms with Gasteiger partial charge in [0.05, 0.1) is 18.7 Å². The molecule has 0 spiro atoms. The fourth-order valence-corrected chi connectivity index (χ4v) is 5.91. The van der Waals surface area contributed by atoms with Gasteiger partial charge in [0.25, 0.3) is 5.78 Å². The molecule has 3 aromatic carbocycles. The Morgan fingerprint density at radius 2 is 1.71 bits per heavy atom. The average molecular weight is 548 g/mol. The van der Waals surface area contributed by atoms with Crippen LogP contribution in [0.25, 0.3) is 5.76 Å². The lowest BCUT2D eigenvalue weighted by atomic mass is 9.95. The van der Waals surface area contributed by atoms with Gasteiger partial charge in [0.1, 0.15) is 17.3 Å². The summed E-state index contributed by atoms with van der Waals surface area (Å²) < 4.78 is 19.0. The average Bonchev–Trinajstić information content (AvgIpc) is 3.50. The van der Waals surface area contributed by atoms with E-state index in [1.54, 1.807) is 36.4 Å². The number of ether oxygens (including phenoxy) is 1. The molecule has 0 radical (unpaired) electrons. The number of carbonyl (C=O) groups is 2. The van der Waals surface area contributed by atoms with E-state index in [4.69, 9.17) is 4.74 Å². The molecule has 38 heavy (non-hydrogen) atoms. The Labute approximate surface area is 226 Å². The molecule has 1 amide bonds. The standard InChI is InChI=1S/C28H22FN3O4S2/c1-16-3-7-18(8-4-16)23-22(24(33)19-9-13-21(36-2)14-10-19)25(34)26(35)32(23)27-30-31-28(38-27)37-15-17-5-11-20(29)12-6-17/h3-14,23,33H,15H2,1-2H3/b24-22-. The first-order valence-corrected chi connectivity index (χ1v) is 13.4. The lowest BCUT2D eigenvalue weighted by Crippen LogP contribution is -2.29. The number of aliphatic hydroxyl groups is 1. The number of rotatable bonds is 7. The van der Waals surface area contributed by atoms with Crippen LogP contribution in [0, 0.1) is 12.7 Å². The first-order valence-electron chi connectivity index (χ1n) is 11.6. The van der Waals surface area contributed by atoms with Crippen LogP contribution in [0.5, 0.6) is 5.75 Å². The van der Waals surface area contributed by atoms with Crippen LogP contribution in [0.1, 0.15) is 28.3 Å². The molecular weight excluding hydrogens is 525 g/mol. The summed E-state index contributed by atoms with van der Waals surface area (Å²) in [4.78, 5) is 27.9. The topological polar surface area (TPSA) is 92.6 Å². The third kappa shape index (κ3) is 5.05. The van der Waals surface area contributed by atoms with Crippen molar-refractivity contribution in [2.45, 2.75) is 23.1 Å². The number of aromatic nitrogens is 2. The van der Waals surface area contributed by atoms with Crippen molar-refractivity contribution in [1.29, 1.82) is 0 Å². The maximum Gasteiger partial charge on any atom is 0.301 e. The number of halogens is 1. The van der Waals surface area contributed by atoms with Crippen LogP contribution in [0.4, 0.5) is 9.52 Å². The molecule has 0 saturated carbocycles. The minimum Gasteiger partial charge on any atom is -0.507 e. The van der Waals surface area contributed by atoms with Crippen molar-refractivity contribution in [2.75, 3.05) is 12.0 Å². The third-order valence-corrected chi connectivity index (χ3v) is 8.21. The van der Waals surface area contributed by atoms with Gasteiger partial charge in [-0.25, -0.2) is 4.39 Å².